The molecule has 8 heteroatoms. The molecule has 0 aliphatic heterocycles. The first kappa shape index (κ1) is 12.7. The van der Waals surface area contributed by atoms with E-state index in [2.05, 4.69) is 20.1 Å². The lowest BCUT2D eigenvalue weighted by atomic mass is 9.93. The van der Waals surface area contributed by atoms with Crippen LogP contribution in [0.4, 0.5) is 0 Å². The zero-order chi connectivity index (χ0) is 15.3. The monoisotopic (exact) mass is 295 g/mol. The number of primary amides is 1. The average molecular weight is 295 g/mol. The van der Waals surface area contributed by atoms with E-state index in [1.807, 2.05) is 6.20 Å². The van der Waals surface area contributed by atoms with E-state index in [9.17, 15) is 4.79 Å². The number of aryl methyl sites for hydroxylation is 2. The lowest BCUT2D eigenvalue weighted by molar-refractivity contribution is 0.0994. The smallest absolute Gasteiger partial charge is 0.269 e. The van der Waals surface area contributed by atoms with Crippen molar-refractivity contribution >= 4 is 5.91 Å². The Morgan fingerprint density at radius 1 is 1.36 bits per heavy atom. The number of imidazole rings is 1. The molecule has 0 saturated heterocycles. The molecule has 2 N–H and O–H groups in total. The van der Waals surface area contributed by atoms with Crippen LogP contribution in [0.1, 0.15) is 21.6 Å². The summed E-state index contributed by atoms with van der Waals surface area (Å²) in [7, 11) is 1.79. The van der Waals surface area contributed by atoms with Crippen molar-refractivity contribution in [1.29, 1.82) is 0 Å². The van der Waals surface area contributed by atoms with Gasteiger partial charge in [-0.15, -0.1) is 0 Å². The Kier molecular flexibility index (Phi) is 2.59. The maximum Gasteiger partial charge on any atom is 0.269 e. The standard InChI is InChI=1S/C14H13N7O/c1-20-12-9(11(19-20)13(15)22)3-2-8-6-17-14(18-10(8)12)21-5-4-16-7-21/h4-7H,2-3H2,1H3,(H2,15,22). The fraction of sp³-hybridized carbons (Fsp3) is 0.214. The molecule has 0 bridgehead atoms. The Morgan fingerprint density at radius 2 is 2.23 bits per heavy atom. The molecule has 4 rings (SSSR count). The Morgan fingerprint density at radius 3 is 2.95 bits per heavy atom. The van der Waals surface area contributed by atoms with Gasteiger partial charge in [0.25, 0.3) is 5.91 Å². The van der Waals surface area contributed by atoms with Crippen molar-refractivity contribution in [1.82, 2.24) is 29.3 Å². The van der Waals surface area contributed by atoms with E-state index in [4.69, 9.17) is 5.73 Å². The fourth-order valence-electron chi connectivity index (χ4n) is 2.85. The van der Waals surface area contributed by atoms with E-state index < -0.39 is 5.91 Å². The number of carbonyl (C=O) groups excluding carboxylic acids is 1. The second-order valence-electron chi connectivity index (χ2n) is 5.18. The number of carbonyl (C=O) groups is 1. The highest BCUT2D eigenvalue weighted by atomic mass is 16.1. The Bertz CT molecular complexity index is 879. The highest BCUT2D eigenvalue weighted by Gasteiger charge is 2.28. The quantitative estimate of drug-likeness (QED) is 0.730. The van der Waals surface area contributed by atoms with Gasteiger partial charge in [-0.05, 0) is 18.4 Å². The van der Waals surface area contributed by atoms with Gasteiger partial charge in [0.15, 0.2) is 5.69 Å². The van der Waals surface area contributed by atoms with Gasteiger partial charge in [-0.3, -0.25) is 14.0 Å². The molecule has 22 heavy (non-hydrogen) atoms. The molecule has 0 saturated carbocycles. The molecule has 0 unspecified atom stereocenters. The Labute approximate surface area is 125 Å². The first-order valence-electron chi connectivity index (χ1n) is 6.85. The first-order chi connectivity index (χ1) is 10.6. The van der Waals surface area contributed by atoms with Gasteiger partial charge < -0.3 is 5.73 Å². The summed E-state index contributed by atoms with van der Waals surface area (Å²) >= 11 is 0. The van der Waals surface area contributed by atoms with Crippen LogP contribution in [0.3, 0.4) is 0 Å². The molecule has 0 atom stereocenters. The predicted molar refractivity (Wildman–Crippen MR) is 77.3 cm³/mol. The zero-order valence-electron chi connectivity index (χ0n) is 11.9. The van der Waals surface area contributed by atoms with E-state index in [1.54, 1.807) is 35.0 Å². The molecule has 0 spiro atoms. The number of rotatable bonds is 2. The number of nitrogens with two attached hydrogens (primary N) is 1. The number of aromatic nitrogens is 6. The van der Waals surface area contributed by atoms with Gasteiger partial charge in [-0.25, -0.2) is 15.0 Å². The summed E-state index contributed by atoms with van der Waals surface area (Å²) in [5.74, 6) is 0.0233. The van der Waals surface area contributed by atoms with E-state index in [0.29, 0.717) is 18.1 Å². The minimum absolute atomic E-state index is 0.325. The van der Waals surface area contributed by atoms with Crippen molar-refractivity contribution in [2.45, 2.75) is 12.8 Å². The largest absolute Gasteiger partial charge is 0.364 e. The van der Waals surface area contributed by atoms with E-state index in [-0.39, 0.29) is 0 Å². The van der Waals surface area contributed by atoms with Gasteiger partial charge in [0.1, 0.15) is 6.33 Å². The van der Waals surface area contributed by atoms with Gasteiger partial charge in [0.2, 0.25) is 5.95 Å². The highest BCUT2D eigenvalue weighted by molar-refractivity contribution is 5.94. The summed E-state index contributed by atoms with van der Waals surface area (Å²) in [6.45, 7) is 0. The number of nitrogens with zero attached hydrogens (tertiary/aromatic N) is 6. The lowest BCUT2D eigenvalue weighted by Crippen LogP contribution is -2.16. The molecule has 0 fully saturated rings. The molecular formula is C14H13N7O. The minimum atomic E-state index is -0.510. The lowest BCUT2D eigenvalue weighted by Gasteiger charge is -2.17. The number of hydrogen-bond acceptors (Lipinski definition) is 5. The van der Waals surface area contributed by atoms with Crippen LogP contribution < -0.4 is 5.73 Å². The van der Waals surface area contributed by atoms with Crippen LogP contribution in [0.25, 0.3) is 17.3 Å². The third-order valence-corrected chi connectivity index (χ3v) is 3.83. The van der Waals surface area contributed by atoms with E-state index >= 15 is 0 Å². The third kappa shape index (κ3) is 1.73. The molecule has 1 aliphatic rings. The van der Waals surface area contributed by atoms with Crippen molar-refractivity contribution in [3.05, 3.63) is 41.7 Å². The van der Waals surface area contributed by atoms with Crippen LogP contribution in [0.15, 0.2) is 24.9 Å². The summed E-state index contributed by atoms with van der Waals surface area (Å²) < 4.78 is 3.40. The fourth-order valence-corrected chi connectivity index (χ4v) is 2.85. The van der Waals surface area contributed by atoms with E-state index in [0.717, 1.165) is 28.9 Å². The predicted octanol–water partition coefficient (Wildman–Crippen LogP) is 0.260. The summed E-state index contributed by atoms with van der Waals surface area (Å²) in [5, 5.41) is 4.25. The summed E-state index contributed by atoms with van der Waals surface area (Å²) in [6, 6.07) is 0. The van der Waals surface area contributed by atoms with Crippen LogP contribution in [0, 0.1) is 0 Å². The number of fused-ring (bicyclic) bond motifs is 3. The van der Waals surface area contributed by atoms with Crippen LogP contribution in [0.2, 0.25) is 0 Å². The van der Waals surface area contributed by atoms with Crippen molar-refractivity contribution in [2.24, 2.45) is 12.8 Å². The topological polar surface area (TPSA) is 105 Å². The van der Waals surface area contributed by atoms with E-state index in [1.165, 1.54) is 0 Å². The molecule has 3 aromatic rings. The highest BCUT2D eigenvalue weighted by Crippen LogP contribution is 2.33. The SMILES string of the molecule is Cn1nc(C(N)=O)c2c1-c1nc(-n3ccnc3)ncc1CC2. The molecule has 1 amide bonds. The van der Waals surface area contributed by atoms with Crippen LogP contribution in [-0.2, 0) is 19.9 Å². The van der Waals surface area contributed by atoms with Gasteiger partial charge in [0, 0.05) is 31.2 Å². The van der Waals surface area contributed by atoms with Gasteiger partial charge in [-0.2, -0.15) is 5.10 Å². The second kappa shape index (κ2) is 4.48. The normalized spacial score (nSPS) is 12.8. The maximum atomic E-state index is 11.6. The minimum Gasteiger partial charge on any atom is -0.364 e. The molecular weight excluding hydrogens is 282 g/mol. The first-order valence-corrected chi connectivity index (χ1v) is 6.85. The average Bonchev–Trinajstić information content (AvgIpc) is 3.14. The molecule has 1 aliphatic carbocycles. The summed E-state index contributed by atoms with van der Waals surface area (Å²) in [5.41, 5.74) is 9.27. The van der Waals surface area contributed by atoms with Crippen molar-refractivity contribution in [2.75, 3.05) is 0 Å². The molecule has 3 heterocycles. The number of amides is 1. The Balaban J connectivity index is 1.93. The van der Waals surface area contributed by atoms with Crippen LogP contribution in [-0.4, -0.2) is 35.2 Å². The van der Waals surface area contributed by atoms with Crippen molar-refractivity contribution in [3.63, 3.8) is 0 Å². The molecule has 0 radical (unpaired) electrons. The molecule has 3 aromatic heterocycles. The van der Waals surface area contributed by atoms with Gasteiger partial charge >= 0.3 is 0 Å². The van der Waals surface area contributed by atoms with Gasteiger partial charge in [0.05, 0.1) is 11.4 Å². The molecule has 8 nitrogen and oxygen atoms in total. The third-order valence-electron chi connectivity index (χ3n) is 3.83. The van der Waals surface area contributed by atoms with Crippen LogP contribution in [0.5, 0.6) is 0 Å². The van der Waals surface area contributed by atoms with Crippen molar-refractivity contribution in [3.8, 4) is 17.3 Å². The second-order valence-corrected chi connectivity index (χ2v) is 5.18. The zero-order valence-corrected chi connectivity index (χ0v) is 11.9. The summed E-state index contributed by atoms with van der Waals surface area (Å²) in [6.07, 6.45) is 8.38. The summed E-state index contributed by atoms with van der Waals surface area (Å²) in [4.78, 5) is 24.6. The van der Waals surface area contributed by atoms with Gasteiger partial charge in [-0.1, -0.05) is 0 Å². The molecule has 110 valence electrons. The maximum absolute atomic E-state index is 11.6. The van der Waals surface area contributed by atoms with Crippen LogP contribution >= 0.6 is 0 Å². The van der Waals surface area contributed by atoms with Crippen molar-refractivity contribution < 1.29 is 4.79 Å². The number of hydrogen-bond donors (Lipinski definition) is 1. The Hall–Kier alpha value is -3.03. The molecule has 0 aromatic carbocycles.